The van der Waals surface area contributed by atoms with Gasteiger partial charge in [-0.05, 0) is 54.8 Å². The van der Waals surface area contributed by atoms with Gasteiger partial charge in [0, 0.05) is 25.5 Å². The molecule has 1 unspecified atom stereocenters. The summed E-state index contributed by atoms with van der Waals surface area (Å²) in [5.74, 6) is -0.853. The molecule has 3 heterocycles. The van der Waals surface area contributed by atoms with Crippen LogP contribution in [0.2, 0.25) is 0 Å². The Morgan fingerprint density at radius 3 is 2.79 bits per heavy atom. The van der Waals surface area contributed by atoms with E-state index in [1.807, 2.05) is 24.4 Å². The SMILES string of the molecule is O=C(NCc1cccn2nccc12)C1CCCN1S(=O)(=O)c1ccc(F)cc1. The number of rotatable bonds is 5. The van der Waals surface area contributed by atoms with E-state index < -0.39 is 21.9 Å². The molecule has 0 saturated carbocycles. The van der Waals surface area contributed by atoms with E-state index >= 15 is 0 Å². The highest BCUT2D eigenvalue weighted by molar-refractivity contribution is 7.89. The summed E-state index contributed by atoms with van der Waals surface area (Å²) in [6.07, 6.45) is 4.53. The van der Waals surface area contributed by atoms with Crippen LogP contribution in [0.15, 0.2) is 59.8 Å². The number of amides is 1. The number of sulfonamides is 1. The molecule has 1 amide bonds. The van der Waals surface area contributed by atoms with Crippen LogP contribution < -0.4 is 5.32 Å². The molecule has 4 rings (SSSR count). The summed E-state index contributed by atoms with van der Waals surface area (Å²) in [5, 5.41) is 7.00. The number of benzene rings is 1. The molecule has 28 heavy (non-hydrogen) atoms. The zero-order chi connectivity index (χ0) is 19.7. The van der Waals surface area contributed by atoms with E-state index in [4.69, 9.17) is 0 Å². The van der Waals surface area contributed by atoms with Gasteiger partial charge in [-0.15, -0.1) is 0 Å². The highest BCUT2D eigenvalue weighted by atomic mass is 32.2. The lowest BCUT2D eigenvalue weighted by molar-refractivity contribution is -0.124. The predicted molar refractivity (Wildman–Crippen MR) is 100 cm³/mol. The number of aromatic nitrogens is 2. The van der Waals surface area contributed by atoms with Crippen molar-refractivity contribution in [2.24, 2.45) is 0 Å². The Labute approximate surface area is 161 Å². The maximum absolute atomic E-state index is 13.1. The van der Waals surface area contributed by atoms with E-state index in [2.05, 4.69) is 10.4 Å². The zero-order valence-electron chi connectivity index (χ0n) is 15.0. The minimum absolute atomic E-state index is 0.0161. The minimum atomic E-state index is -3.87. The number of fused-ring (bicyclic) bond motifs is 1. The molecule has 1 fully saturated rings. The first-order valence-corrected chi connectivity index (χ1v) is 10.4. The van der Waals surface area contributed by atoms with E-state index in [0.29, 0.717) is 12.8 Å². The average Bonchev–Trinajstić information content (AvgIpc) is 3.36. The summed E-state index contributed by atoms with van der Waals surface area (Å²) in [6.45, 7) is 0.534. The van der Waals surface area contributed by atoms with E-state index in [9.17, 15) is 17.6 Å². The van der Waals surface area contributed by atoms with Crippen LogP contribution in [-0.2, 0) is 21.4 Å². The number of pyridine rings is 1. The topological polar surface area (TPSA) is 83.8 Å². The molecule has 1 N–H and O–H groups in total. The van der Waals surface area contributed by atoms with E-state index in [1.54, 1.807) is 10.7 Å². The van der Waals surface area contributed by atoms with Crippen molar-refractivity contribution in [2.75, 3.05) is 6.54 Å². The number of halogens is 1. The van der Waals surface area contributed by atoms with Crippen molar-refractivity contribution in [2.45, 2.75) is 30.3 Å². The highest BCUT2D eigenvalue weighted by Gasteiger charge is 2.39. The number of nitrogens with one attached hydrogen (secondary N) is 1. The second-order valence-electron chi connectivity index (χ2n) is 6.64. The Morgan fingerprint density at radius 1 is 1.21 bits per heavy atom. The van der Waals surface area contributed by atoms with Crippen LogP contribution in [0.25, 0.3) is 5.52 Å². The largest absolute Gasteiger partial charge is 0.351 e. The number of hydrogen-bond donors (Lipinski definition) is 1. The summed E-state index contributed by atoms with van der Waals surface area (Å²) >= 11 is 0. The molecule has 0 bridgehead atoms. The van der Waals surface area contributed by atoms with Crippen LogP contribution >= 0.6 is 0 Å². The smallest absolute Gasteiger partial charge is 0.243 e. The van der Waals surface area contributed by atoms with E-state index in [-0.39, 0.29) is 23.9 Å². The molecule has 146 valence electrons. The molecule has 1 saturated heterocycles. The molecule has 1 aliphatic rings. The van der Waals surface area contributed by atoms with Crippen LogP contribution in [0.3, 0.4) is 0 Å². The van der Waals surface area contributed by atoms with Crippen molar-refractivity contribution in [1.29, 1.82) is 0 Å². The van der Waals surface area contributed by atoms with Crippen molar-refractivity contribution in [3.8, 4) is 0 Å². The third-order valence-electron chi connectivity index (χ3n) is 4.90. The van der Waals surface area contributed by atoms with Crippen molar-refractivity contribution in [3.05, 3.63) is 66.2 Å². The molecule has 0 spiro atoms. The Hall–Kier alpha value is -2.78. The monoisotopic (exact) mass is 402 g/mol. The molecule has 3 aromatic rings. The summed E-state index contributed by atoms with van der Waals surface area (Å²) in [7, 11) is -3.87. The van der Waals surface area contributed by atoms with Crippen molar-refractivity contribution < 1.29 is 17.6 Å². The van der Waals surface area contributed by atoms with E-state index in [1.165, 1.54) is 16.4 Å². The van der Waals surface area contributed by atoms with Gasteiger partial charge in [-0.3, -0.25) is 4.79 Å². The second-order valence-corrected chi connectivity index (χ2v) is 8.53. The number of nitrogens with zero attached hydrogens (tertiary/aromatic N) is 3. The molecule has 1 aromatic carbocycles. The van der Waals surface area contributed by atoms with Gasteiger partial charge < -0.3 is 5.32 Å². The van der Waals surface area contributed by atoms with Gasteiger partial charge in [-0.1, -0.05) is 6.07 Å². The Bertz CT molecular complexity index is 1110. The molecule has 2 aromatic heterocycles. The number of carbonyl (C=O) groups is 1. The van der Waals surface area contributed by atoms with Crippen molar-refractivity contribution in [1.82, 2.24) is 19.2 Å². The maximum atomic E-state index is 13.1. The lowest BCUT2D eigenvalue weighted by Crippen LogP contribution is -2.45. The molecule has 0 aliphatic carbocycles. The predicted octanol–water partition coefficient (Wildman–Crippen LogP) is 1.94. The molecule has 1 atom stereocenters. The van der Waals surface area contributed by atoms with Crippen LogP contribution in [0.1, 0.15) is 18.4 Å². The van der Waals surface area contributed by atoms with Gasteiger partial charge >= 0.3 is 0 Å². The van der Waals surface area contributed by atoms with Crippen molar-refractivity contribution in [3.63, 3.8) is 0 Å². The van der Waals surface area contributed by atoms with Gasteiger partial charge in [0.2, 0.25) is 15.9 Å². The fourth-order valence-electron chi connectivity index (χ4n) is 3.49. The van der Waals surface area contributed by atoms with Gasteiger partial charge in [-0.2, -0.15) is 9.40 Å². The molecule has 7 nitrogen and oxygen atoms in total. The first-order chi connectivity index (χ1) is 13.5. The Morgan fingerprint density at radius 2 is 2.00 bits per heavy atom. The first kappa shape index (κ1) is 18.6. The Balaban J connectivity index is 1.50. The van der Waals surface area contributed by atoms with Crippen molar-refractivity contribution >= 4 is 21.4 Å². The van der Waals surface area contributed by atoms with Crippen LogP contribution in [-0.4, -0.2) is 40.8 Å². The number of carbonyl (C=O) groups excluding carboxylic acids is 1. The fraction of sp³-hybridized carbons (Fsp3) is 0.263. The summed E-state index contributed by atoms with van der Waals surface area (Å²) < 4.78 is 41.8. The summed E-state index contributed by atoms with van der Waals surface area (Å²) in [4.78, 5) is 12.7. The molecular formula is C19H19FN4O3S. The average molecular weight is 402 g/mol. The van der Waals surface area contributed by atoms with Crippen LogP contribution in [0.5, 0.6) is 0 Å². The molecule has 1 aliphatic heterocycles. The normalized spacial score (nSPS) is 17.8. The maximum Gasteiger partial charge on any atom is 0.243 e. The highest BCUT2D eigenvalue weighted by Crippen LogP contribution is 2.26. The number of hydrogen-bond acceptors (Lipinski definition) is 4. The van der Waals surface area contributed by atoms with Gasteiger partial charge in [0.1, 0.15) is 11.9 Å². The third kappa shape index (κ3) is 3.38. The van der Waals surface area contributed by atoms with Crippen LogP contribution in [0.4, 0.5) is 4.39 Å². The lowest BCUT2D eigenvalue weighted by atomic mass is 10.2. The van der Waals surface area contributed by atoms with Gasteiger partial charge in [0.25, 0.3) is 0 Å². The van der Waals surface area contributed by atoms with Gasteiger partial charge in [-0.25, -0.2) is 17.3 Å². The second kappa shape index (κ2) is 7.33. The zero-order valence-corrected chi connectivity index (χ0v) is 15.8. The minimum Gasteiger partial charge on any atom is -0.351 e. The van der Waals surface area contributed by atoms with Gasteiger partial charge in [0.05, 0.1) is 10.4 Å². The molecule has 9 heteroatoms. The summed E-state index contributed by atoms with van der Waals surface area (Å²) in [5.41, 5.74) is 1.77. The molecule has 0 radical (unpaired) electrons. The fourth-order valence-corrected chi connectivity index (χ4v) is 5.15. The van der Waals surface area contributed by atoms with Crippen LogP contribution in [0, 0.1) is 5.82 Å². The standard InChI is InChI=1S/C19H19FN4O3S/c20-15-5-7-16(8-6-15)28(26,27)24-12-2-4-18(24)19(25)21-13-14-3-1-11-23-17(14)9-10-22-23/h1,3,5-11,18H,2,4,12-13H2,(H,21,25). The van der Waals surface area contributed by atoms with Gasteiger partial charge in [0.15, 0.2) is 0 Å². The third-order valence-corrected chi connectivity index (χ3v) is 6.83. The Kier molecular flexibility index (Phi) is 4.86. The lowest BCUT2D eigenvalue weighted by Gasteiger charge is -2.23. The summed E-state index contributed by atoms with van der Waals surface area (Å²) in [6, 6.07) is 9.44. The molecular weight excluding hydrogens is 383 g/mol. The first-order valence-electron chi connectivity index (χ1n) is 8.93. The van der Waals surface area contributed by atoms with E-state index in [0.717, 1.165) is 23.2 Å². The quantitative estimate of drug-likeness (QED) is 0.707.